The van der Waals surface area contributed by atoms with Crippen molar-refractivity contribution in [3.8, 4) is 0 Å². The van der Waals surface area contributed by atoms with Crippen molar-refractivity contribution in [2.75, 3.05) is 13.1 Å². The predicted octanol–water partition coefficient (Wildman–Crippen LogP) is 20.5. The minimum absolute atomic E-state index is 0. The number of nitrogens with one attached hydrogen (secondary N) is 1. The Kier molecular flexibility index (Phi) is 30.8. The molecule has 0 aromatic rings. The molecule has 1 nitrogen and oxygen atoms in total. The second-order valence-electron chi connectivity index (χ2n) is 21.3. The van der Waals surface area contributed by atoms with Gasteiger partial charge in [-0.2, -0.15) is 0 Å². The average molecular weight is 899 g/mol. The van der Waals surface area contributed by atoms with Crippen molar-refractivity contribution in [2.24, 2.45) is 22.2 Å². The van der Waals surface area contributed by atoms with Crippen molar-refractivity contribution in [1.29, 1.82) is 0 Å². The zero-order valence-electron chi connectivity index (χ0n) is 45.4. The lowest BCUT2D eigenvalue weighted by Gasteiger charge is -2.33. The van der Waals surface area contributed by atoms with Crippen LogP contribution in [0.4, 0.5) is 0 Å². The van der Waals surface area contributed by atoms with Crippen LogP contribution in [0.15, 0.2) is 177 Å². The maximum Gasteiger partial charge on any atom is 0.0140 e. The van der Waals surface area contributed by atoms with Crippen LogP contribution in [0.2, 0.25) is 0 Å². The third-order valence-electron chi connectivity index (χ3n) is 13.4. The van der Waals surface area contributed by atoms with Crippen LogP contribution in [0.5, 0.6) is 0 Å². The molecular formula is C65H103N. The van der Waals surface area contributed by atoms with E-state index in [1.807, 2.05) is 12.2 Å². The number of rotatable bonds is 18. The Balaban J connectivity index is 0.000000957. The Labute approximate surface area is 411 Å². The van der Waals surface area contributed by atoms with Crippen molar-refractivity contribution in [1.82, 2.24) is 5.32 Å². The first-order valence-electron chi connectivity index (χ1n) is 25.5. The summed E-state index contributed by atoms with van der Waals surface area (Å²) >= 11 is 0. The summed E-state index contributed by atoms with van der Waals surface area (Å²) in [6, 6.07) is 0. The van der Waals surface area contributed by atoms with Gasteiger partial charge in [0.2, 0.25) is 0 Å². The van der Waals surface area contributed by atoms with Gasteiger partial charge in [-0.05, 0) is 165 Å². The number of hydrogen-bond donors (Lipinski definition) is 1. The molecule has 0 spiro atoms. The average Bonchev–Trinajstić information content (AvgIpc) is 3.21. The molecule has 66 heavy (non-hydrogen) atoms. The third kappa shape index (κ3) is 25.3. The van der Waals surface area contributed by atoms with Gasteiger partial charge in [0, 0.05) is 6.54 Å². The van der Waals surface area contributed by atoms with E-state index in [1.54, 1.807) is 22.3 Å². The molecule has 0 saturated carbocycles. The molecule has 0 radical (unpaired) electrons. The van der Waals surface area contributed by atoms with Gasteiger partial charge in [-0.25, -0.2) is 0 Å². The fraction of sp³-hybridized carbons (Fsp3) is 0.538. The molecule has 368 valence electrons. The minimum Gasteiger partial charge on any atom is -0.313 e. The summed E-state index contributed by atoms with van der Waals surface area (Å²) in [5.41, 5.74) is 16.7. The highest BCUT2D eigenvalue weighted by molar-refractivity contribution is 5.39. The van der Waals surface area contributed by atoms with Crippen LogP contribution in [0.25, 0.3) is 0 Å². The maximum atomic E-state index is 3.70. The van der Waals surface area contributed by atoms with Gasteiger partial charge in [-0.15, -0.1) is 0 Å². The summed E-state index contributed by atoms with van der Waals surface area (Å²) in [7, 11) is 0. The quantitative estimate of drug-likeness (QED) is 0.107. The van der Waals surface area contributed by atoms with E-state index in [1.165, 1.54) is 110 Å². The first-order valence-corrected chi connectivity index (χ1v) is 25.5. The maximum absolute atomic E-state index is 3.70. The lowest BCUT2D eigenvalue weighted by atomic mass is 9.72. The molecule has 1 unspecified atom stereocenters. The van der Waals surface area contributed by atoms with E-state index in [2.05, 4.69) is 227 Å². The molecule has 3 rings (SSSR count). The zero-order chi connectivity index (χ0) is 49.1. The summed E-state index contributed by atoms with van der Waals surface area (Å²) < 4.78 is 0. The van der Waals surface area contributed by atoms with E-state index in [0.29, 0.717) is 22.2 Å². The van der Waals surface area contributed by atoms with Crippen molar-refractivity contribution < 1.29 is 0 Å². The summed E-state index contributed by atoms with van der Waals surface area (Å²) in [5, 5.41) is 3.39. The van der Waals surface area contributed by atoms with Gasteiger partial charge < -0.3 is 5.32 Å². The van der Waals surface area contributed by atoms with Crippen LogP contribution in [-0.2, 0) is 0 Å². The molecule has 0 fully saturated rings. The Morgan fingerprint density at radius 2 is 0.924 bits per heavy atom. The lowest BCUT2D eigenvalue weighted by molar-refractivity contribution is 0.376. The standard InChI is InChI=1S/C23H37N.C21H30.C20H32.CH4/c1-7-17-24-18-15-20(3)11-8-10-19(2)13-14-22-21(4)12-9-16-23(22,5)6;1-7-10-17(2)11-8-12-18(3)14-15-20-19(4)13-9-16-21(20,5)6;1-7-16(2)10-8-11-17(3)13-14-19-18(4)12-9-15-20(19,5)6;/h8,10-11,13-15,24H,7,9,12,16-18H2,1-6H3;7-8,10-12,14-15H,1,9,13,16H2,2-6H3;8,10-11,13-14,16H,7,9,12,15H2,1-6H3;1H4/b11-8-,14-13+,19-10+,20-15+;11-8-,15-14+,17-10+,18-12+;10-8-,14-13+,17-11+;. The van der Waals surface area contributed by atoms with E-state index in [0.717, 1.165) is 13.1 Å². The highest BCUT2D eigenvalue weighted by Gasteiger charge is 2.28. The summed E-state index contributed by atoms with van der Waals surface area (Å²) in [6.07, 6.45) is 53.5. The fourth-order valence-corrected chi connectivity index (χ4v) is 8.90. The number of hydrogen-bond acceptors (Lipinski definition) is 1. The largest absolute Gasteiger partial charge is 0.313 e. The predicted molar refractivity (Wildman–Crippen MR) is 304 cm³/mol. The van der Waals surface area contributed by atoms with Gasteiger partial charge in [0.25, 0.3) is 0 Å². The monoisotopic (exact) mass is 898 g/mol. The topological polar surface area (TPSA) is 12.0 Å². The molecule has 0 aromatic heterocycles. The third-order valence-corrected chi connectivity index (χ3v) is 13.4. The van der Waals surface area contributed by atoms with Crippen LogP contribution >= 0.6 is 0 Å². The van der Waals surface area contributed by atoms with E-state index in [9.17, 15) is 0 Å². The van der Waals surface area contributed by atoms with Gasteiger partial charge in [0.15, 0.2) is 0 Å². The van der Waals surface area contributed by atoms with Gasteiger partial charge >= 0.3 is 0 Å². The van der Waals surface area contributed by atoms with Crippen LogP contribution in [-0.4, -0.2) is 13.1 Å². The smallest absolute Gasteiger partial charge is 0.0140 e. The van der Waals surface area contributed by atoms with E-state index >= 15 is 0 Å². The second kappa shape index (κ2) is 32.7. The van der Waals surface area contributed by atoms with E-state index in [-0.39, 0.29) is 7.43 Å². The molecule has 0 amide bonds. The summed E-state index contributed by atoms with van der Waals surface area (Å²) in [5.74, 6) is 0.672. The minimum atomic E-state index is 0. The Morgan fingerprint density at radius 1 is 0.561 bits per heavy atom. The molecule has 0 aromatic carbocycles. The van der Waals surface area contributed by atoms with Crippen molar-refractivity contribution in [3.05, 3.63) is 177 Å². The molecule has 0 heterocycles. The van der Waals surface area contributed by atoms with Crippen molar-refractivity contribution >= 4 is 0 Å². The second-order valence-corrected chi connectivity index (χ2v) is 21.3. The first kappa shape index (κ1) is 62.1. The molecule has 1 atom stereocenters. The highest BCUT2D eigenvalue weighted by atomic mass is 14.8. The molecule has 3 aliphatic rings. The molecule has 0 aliphatic heterocycles. The Bertz CT molecular complexity index is 1930. The lowest BCUT2D eigenvalue weighted by Crippen LogP contribution is -2.19. The van der Waals surface area contributed by atoms with Gasteiger partial charge in [0.1, 0.15) is 0 Å². The molecule has 0 bridgehead atoms. The van der Waals surface area contributed by atoms with Crippen LogP contribution in [0.3, 0.4) is 0 Å². The number of allylic oxidation sites excluding steroid dienone is 28. The first-order chi connectivity index (χ1) is 30.6. The van der Waals surface area contributed by atoms with Crippen LogP contribution in [0.1, 0.15) is 196 Å². The Morgan fingerprint density at radius 3 is 1.27 bits per heavy atom. The van der Waals surface area contributed by atoms with Crippen molar-refractivity contribution in [3.63, 3.8) is 0 Å². The van der Waals surface area contributed by atoms with E-state index in [4.69, 9.17) is 0 Å². The van der Waals surface area contributed by atoms with Crippen molar-refractivity contribution in [2.45, 2.75) is 196 Å². The summed E-state index contributed by atoms with van der Waals surface area (Å²) in [6.45, 7) is 44.2. The van der Waals surface area contributed by atoms with E-state index < -0.39 is 0 Å². The van der Waals surface area contributed by atoms with Gasteiger partial charge in [-0.3, -0.25) is 0 Å². The molecule has 0 saturated heterocycles. The summed E-state index contributed by atoms with van der Waals surface area (Å²) in [4.78, 5) is 0. The molecular weight excluding hydrogens is 795 g/mol. The zero-order valence-corrected chi connectivity index (χ0v) is 45.4. The molecule has 1 N–H and O–H groups in total. The fourth-order valence-electron chi connectivity index (χ4n) is 8.90. The molecule has 3 aliphatic carbocycles. The SMILES string of the molecule is C.C=C/C=C(C)/C=C\C=C(C)\C=C\C1=C(C)CCCC1(C)C.CCC(C)\C=C/C=C(C)/C=C/C1=C(C)CCCC1(C)C.CCCNC/C=C(C)/C=C\C=C(C)\C=C\C1=C(C)CCCC1(C)C. The highest BCUT2D eigenvalue weighted by Crippen LogP contribution is 2.43. The van der Waals surface area contributed by atoms with Crippen LogP contribution in [0, 0.1) is 22.2 Å². The van der Waals surface area contributed by atoms with Gasteiger partial charge in [0.05, 0.1) is 0 Å². The Hall–Kier alpha value is -3.94. The molecule has 1 heteroatoms. The van der Waals surface area contributed by atoms with Gasteiger partial charge in [-0.1, -0.05) is 237 Å². The normalized spacial score (nSPS) is 20.4. The van der Waals surface area contributed by atoms with Crippen LogP contribution < -0.4 is 5.32 Å².